The van der Waals surface area contributed by atoms with Gasteiger partial charge in [-0.25, -0.2) is 0 Å². The fraction of sp³-hybridized carbons (Fsp3) is 0.462. The van der Waals surface area contributed by atoms with E-state index in [1.54, 1.807) is 0 Å². The lowest BCUT2D eigenvalue weighted by Gasteiger charge is -2.22. The monoisotopic (exact) mass is 219 g/mol. The Labute approximate surface area is 96.5 Å². The molecule has 0 spiro atoms. The standard InChI is InChI=1S/C13H18N2O/c1-13(2)14-11(12(16)15(13)3)9-10-7-5-4-6-8-10/h4-8,11,14H,9H2,1-3H3/p+1/t11-/m0/s1. The smallest absolute Gasteiger partial charge is 0.285 e. The van der Waals surface area contributed by atoms with Crippen molar-refractivity contribution in [3.63, 3.8) is 0 Å². The van der Waals surface area contributed by atoms with Crippen molar-refractivity contribution in [3.8, 4) is 0 Å². The third-order valence-electron chi connectivity index (χ3n) is 3.42. The zero-order valence-electron chi connectivity index (χ0n) is 10.1. The molecule has 86 valence electrons. The van der Waals surface area contributed by atoms with E-state index in [1.165, 1.54) is 5.56 Å². The molecule has 1 saturated heterocycles. The van der Waals surface area contributed by atoms with E-state index in [1.807, 2.05) is 30.1 Å². The number of hydrogen-bond donors (Lipinski definition) is 1. The van der Waals surface area contributed by atoms with Crippen LogP contribution in [0, 0.1) is 0 Å². The van der Waals surface area contributed by atoms with Gasteiger partial charge < -0.3 is 5.32 Å². The quantitative estimate of drug-likeness (QED) is 0.766. The lowest BCUT2D eigenvalue weighted by Crippen LogP contribution is -2.98. The average Bonchev–Trinajstić information content (AvgIpc) is 2.44. The van der Waals surface area contributed by atoms with Crippen molar-refractivity contribution < 1.29 is 10.1 Å². The number of rotatable bonds is 2. The molecule has 0 aromatic heterocycles. The molecule has 1 amide bonds. The van der Waals surface area contributed by atoms with Crippen LogP contribution in [0.2, 0.25) is 0 Å². The maximum Gasteiger partial charge on any atom is 0.285 e. The topological polar surface area (TPSA) is 36.9 Å². The van der Waals surface area contributed by atoms with Gasteiger partial charge >= 0.3 is 0 Å². The van der Waals surface area contributed by atoms with Crippen LogP contribution in [-0.2, 0) is 11.2 Å². The van der Waals surface area contributed by atoms with E-state index < -0.39 is 0 Å². The molecule has 1 fully saturated rings. The van der Waals surface area contributed by atoms with E-state index >= 15 is 0 Å². The number of carbonyl (C=O) groups is 1. The molecule has 3 nitrogen and oxygen atoms in total. The fourth-order valence-corrected chi connectivity index (χ4v) is 2.22. The Bertz CT molecular complexity index is 386. The number of amides is 1. The summed E-state index contributed by atoms with van der Waals surface area (Å²) in [6.07, 6.45) is 0.813. The second kappa shape index (κ2) is 3.91. The average molecular weight is 219 g/mol. The summed E-state index contributed by atoms with van der Waals surface area (Å²) in [4.78, 5) is 13.9. The van der Waals surface area contributed by atoms with E-state index in [4.69, 9.17) is 0 Å². The van der Waals surface area contributed by atoms with Crippen LogP contribution in [0.4, 0.5) is 0 Å². The number of quaternary nitrogens is 1. The van der Waals surface area contributed by atoms with E-state index in [0.717, 1.165) is 6.42 Å². The van der Waals surface area contributed by atoms with Gasteiger partial charge in [0.15, 0.2) is 11.7 Å². The van der Waals surface area contributed by atoms with Crippen molar-refractivity contribution >= 4 is 5.91 Å². The van der Waals surface area contributed by atoms with E-state index in [9.17, 15) is 4.79 Å². The van der Waals surface area contributed by atoms with Crippen molar-refractivity contribution in [2.45, 2.75) is 32.0 Å². The first-order valence-electron chi connectivity index (χ1n) is 5.68. The molecule has 3 heteroatoms. The number of hydrogen-bond acceptors (Lipinski definition) is 1. The predicted molar refractivity (Wildman–Crippen MR) is 62.7 cm³/mol. The second-order valence-corrected chi connectivity index (χ2v) is 5.01. The highest BCUT2D eigenvalue weighted by Crippen LogP contribution is 2.13. The van der Waals surface area contributed by atoms with Crippen LogP contribution in [0.3, 0.4) is 0 Å². The number of benzene rings is 1. The molecule has 1 aliphatic heterocycles. The zero-order valence-corrected chi connectivity index (χ0v) is 10.1. The van der Waals surface area contributed by atoms with Gasteiger partial charge in [-0.15, -0.1) is 0 Å². The number of nitrogens with two attached hydrogens (primary N) is 1. The van der Waals surface area contributed by atoms with Gasteiger partial charge in [0.1, 0.15) is 0 Å². The molecule has 2 N–H and O–H groups in total. The third-order valence-corrected chi connectivity index (χ3v) is 3.42. The summed E-state index contributed by atoms with van der Waals surface area (Å²) < 4.78 is 0. The first-order chi connectivity index (χ1) is 7.50. The molecule has 1 aromatic carbocycles. The largest absolute Gasteiger partial charge is 0.314 e. The Balaban J connectivity index is 2.11. The number of nitrogens with zero attached hydrogens (tertiary/aromatic N) is 1. The van der Waals surface area contributed by atoms with Gasteiger partial charge in [-0.2, -0.15) is 0 Å². The molecule has 1 aliphatic rings. The van der Waals surface area contributed by atoms with Gasteiger partial charge in [-0.1, -0.05) is 30.3 Å². The van der Waals surface area contributed by atoms with Crippen molar-refractivity contribution in [1.29, 1.82) is 0 Å². The number of likely N-dealkylation sites (N-methyl/N-ethyl adjacent to an activating group) is 1. The van der Waals surface area contributed by atoms with Crippen molar-refractivity contribution in [3.05, 3.63) is 35.9 Å². The SMILES string of the molecule is CN1C(=O)[C@H](Cc2ccccc2)[NH2+]C1(C)C. The molecule has 2 rings (SSSR count). The maximum atomic E-state index is 12.0. The second-order valence-electron chi connectivity index (χ2n) is 5.01. The van der Waals surface area contributed by atoms with Crippen LogP contribution < -0.4 is 5.32 Å². The van der Waals surface area contributed by atoms with Crippen molar-refractivity contribution in [2.24, 2.45) is 0 Å². The van der Waals surface area contributed by atoms with Gasteiger partial charge in [0, 0.05) is 27.3 Å². The first-order valence-corrected chi connectivity index (χ1v) is 5.68. The van der Waals surface area contributed by atoms with Crippen LogP contribution in [0.15, 0.2) is 30.3 Å². The summed E-state index contributed by atoms with van der Waals surface area (Å²) in [5, 5.41) is 2.16. The first kappa shape index (κ1) is 11.1. The lowest BCUT2D eigenvalue weighted by molar-refractivity contribution is -0.737. The Morgan fingerprint density at radius 3 is 2.44 bits per heavy atom. The summed E-state index contributed by atoms with van der Waals surface area (Å²) in [6, 6.07) is 10.2. The van der Waals surface area contributed by atoms with Gasteiger partial charge in [0.25, 0.3) is 5.91 Å². The highest BCUT2D eigenvalue weighted by Gasteiger charge is 2.46. The molecule has 0 aliphatic carbocycles. The molecule has 0 unspecified atom stereocenters. The molecular weight excluding hydrogens is 200 g/mol. The Morgan fingerprint density at radius 1 is 1.31 bits per heavy atom. The summed E-state index contributed by atoms with van der Waals surface area (Å²) in [5.41, 5.74) is 1.11. The summed E-state index contributed by atoms with van der Waals surface area (Å²) in [5.74, 6) is 0.230. The Kier molecular flexibility index (Phi) is 2.72. The molecule has 16 heavy (non-hydrogen) atoms. The minimum atomic E-state index is -0.115. The van der Waals surface area contributed by atoms with Crippen LogP contribution >= 0.6 is 0 Å². The van der Waals surface area contributed by atoms with Crippen LogP contribution in [0.25, 0.3) is 0 Å². The van der Waals surface area contributed by atoms with Crippen molar-refractivity contribution in [2.75, 3.05) is 7.05 Å². The molecule has 1 aromatic rings. The third kappa shape index (κ3) is 1.95. The predicted octanol–water partition coefficient (Wildman–Crippen LogP) is 0.369. The molecule has 1 atom stereocenters. The highest BCUT2D eigenvalue weighted by molar-refractivity contribution is 5.82. The van der Waals surface area contributed by atoms with Crippen LogP contribution in [-0.4, -0.2) is 29.6 Å². The minimum absolute atomic E-state index is 0.0300. The molecule has 0 radical (unpaired) electrons. The van der Waals surface area contributed by atoms with Gasteiger partial charge in [0.2, 0.25) is 0 Å². The molecule has 0 bridgehead atoms. The zero-order chi connectivity index (χ0) is 11.8. The molecular formula is C13H19N2O+. The van der Waals surface area contributed by atoms with Gasteiger partial charge in [-0.3, -0.25) is 9.69 Å². The summed E-state index contributed by atoms with van der Waals surface area (Å²) >= 11 is 0. The van der Waals surface area contributed by atoms with Crippen molar-refractivity contribution in [1.82, 2.24) is 4.90 Å². The Morgan fingerprint density at radius 2 is 1.94 bits per heavy atom. The van der Waals surface area contributed by atoms with Gasteiger partial charge in [-0.05, 0) is 5.56 Å². The normalized spacial score (nSPS) is 23.8. The fourth-order valence-electron chi connectivity index (χ4n) is 2.22. The molecule has 0 saturated carbocycles. The maximum absolute atomic E-state index is 12.0. The summed E-state index contributed by atoms with van der Waals surface area (Å²) in [6.45, 7) is 4.16. The summed E-state index contributed by atoms with van der Waals surface area (Å²) in [7, 11) is 1.88. The minimum Gasteiger partial charge on any atom is -0.314 e. The van der Waals surface area contributed by atoms with Crippen LogP contribution in [0.5, 0.6) is 0 Å². The van der Waals surface area contributed by atoms with E-state index in [2.05, 4.69) is 31.3 Å². The van der Waals surface area contributed by atoms with Gasteiger partial charge in [0.05, 0.1) is 0 Å². The highest BCUT2D eigenvalue weighted by atomic mass is 16.2. The lowest BCUT2D eigenvalue weighted by atomic mass is 10.1. The molecule has 1 heterocycles. The number of carbonyl (C=O) groups excluding carboxylic acids is 1. The van der Waals surface area contributed by atoms with E-state index in [-0.39, 0.29) is 17.6 Å². The van der Waals surface area contributed by atoms with Crippen LogP contribution in [0.1, 0.15) is 19.4 Å². The Hall–Kier alpha value is -1.35. The van der Waals surface area contributed by atoms with E-state index in [0.29, 0.717) is 0 Å².